The van der Waals surface area contributed by atoms with Crippen LogP contribution < -0.4 is 9.64 Å². The molecule has 0 bridgehead atoms. The average molecular weight is 354 g/mol. The van der Waals surface area contributed by atoms with Crippen molar-refractivity contribution in [3.8, 4) is 17.1 Å². The first-order valence-electron chi connectivity index (χ1n) is 8.97. The third kappa shape index (κ3) is 2.68. The van der Waals surface area contributed by atoms with Gasteiger partial charge in [0.25, 0.3) is 5.88 Å². The zero-order valence-corrected chi connectivity index (χ0v) is 14.9. The molecular formula is C22H18N4O. The topological polar surface area (TPSA) is 51.1 Å². The molecule has 0 radical (unpaired) electrons. The van der Waals surface area contributed by atoms with Crippen molar-refractivity contribution in [3.05, 3.63) is 78.6 Å². The third-order valence-corrected chi connectivity index (χ3v) is 5.01. The molecule has 2 aromatic heterocycles. The van der Waals surface area contributed by atoms with Gasteiger partial charge in [-0.05, 0) is 24.6 Å². The summed E-state index contributed by atoms with van der Waals surface area (Å²) in [5.41, 5.74) is 4.01. The summed E-state index contributed by atoms with van der Waals surface area (Å²) in [4.78, 5) is 16.0. The van der Waals surface area contributed by atoms with Crippen molar-refractivity contribution >= 4 is 16.7 Å². The molecule has 132 valence electrons. The van der Waals surface area contributed by atoms with E-state index in [1.54, 1.807) is 12.4 Å². The molecule has 1 aliphatic rings. The second-order valence-corrected chi connectivity index (χ2v) is 6.59. The molecule has 5 heteroatoms. The maximum Gasteiger partial charge on any atom is 0.259 e. The van der Waals surface area contributed by atoms with Gasteiger partial charge in [0.15, 0.2) is 12.5 Å². The third-order valence-electron chi connectivity index (χ3n) is 5.01. The van der Waals surface area contributed by atoms with Crippen LogP contribution in [0.25, 0.3) is 22.2 Å². The van der Waals surface area contributed by atoms with E-state index in [9.17, 15) is 0 Å². The predicted molar refractivity (Wildman–Crippen MR) is 106 cm³/mol. The van der Waals surface area contributed by atoms with Crippen molar-refractivity contribution in [3.63, 3.8) is 0 Å². The highest BCUT2D eigenvalue weighted by molar-refractivity contribution is 5.93. The Morgan fingerprint density at radius 1 is 0.963 bits per heavy atom. The van der Waals surface area contributed by atoms with Gasteiger partial charge in [-0.1, -0.05) is 48.5 Å². The fourth-order valence-corrected chi connectivity index (χ4v) is 3.51. The van der Waals surface area contributed by atoms with E-state index < -0.39 is 0 Å². The zero-order valence-electron chi connectivity index (χ0n) is 14.9. The molecule has 27 heavy (non-hydrogen) atoms. The Balaban J connectivity index is 1.59. The molecule has 5 rings (SSSR count). The Hall–Kier alpha value is -3.47. The smallest absolute Gasteiger partial charge is 0.259 e. The fraction of sp³-hybridized carbons (Fsp3) is 0.136. The van der Waals surface area contributed by atoms with E-state index >= 15 is 0 Å². The minimum absolute atomic E-state index is 0.145. The molecule has 1 unspecified atom stereocenters. The van der Waals surface area contributed by atoms with Gasteiger partial charge in [0.05, 0.1) is 23.4 Å². The fourth-order valence-electron chi connectivity index (χ4n) is 3.51. The summed E-state index contributed by atoms with van der Waals surface area (Å²) in [7, 11) is 0. The van der Waals surface area contributed by atoms with Gasteiger partial charge in [0.1, 0.15) is 0 Å². The van der Waals surface area contributed by atoms with Crippen LogP contribution in [0.4, 0.5) is 5.82 Å². The van der Waals surface area contributed by atoms with Gasteiger partial charge in [0, 0.05) is 17.1 Å². The first kappa shape index (κ1) is 15.8. The Kier molecular flexibility index (Phi) is 3.71. The normalized spacial score (nSPS) is 14.0. The lowest BCUT2D eigenvalue weighted by molar-refractivity contribution is 0.327. The second kappa shape index (κ2) is 6.36. The second-order valence-electron chi connectivity index (χ2n) is 6.59. The minimum atomic E-state index is 0.145. The number of anilines is 1. The van der Waals surface area contributed by atoms with Crippen molar-refractivity contribution < 1.29 is 4.74 Å². The molecule has 0 saturated heterocycles. The largest absolute Gasteiger partial charge is 0.454 e. The van der Waals surface area contributed by atoms with E-state index in [2.05, 4.69) is 58.2 Å². The summed E-state index contributed by atoms with van der Waals surface area (Å²) in [6.07, 6.45) is 3.58. The molecule has 5 nitrogen and oxygen atoms in total. The standard InChI is InChI=1S/C22H18N4O/c1-15(16-7-3-2-4-8-16)26-14-27-22-21(26)25-20(13-24-22)18-9-5-11-19-17(18)10-6-12-23-19/h2-13,15H,14H2,1H3. The molecule has 0 amide bonds. The lowest BCUT2D eigenvalue weighted by Gasteiger charge is -2.24. The molecule has 0 saturated carbocycles. The zero-order chi connectivity index (χ0) is 18.2. The van der Waals surface area contributed by atoms with Crippen LogP contribution in [0.1, 0.15) is 18.5 Å². The summed E-state index contributed by atoms with van der Waals surface area (Å²) in [6.45, 7) is 2.61. The maximum atomic E-state index is 5.77. The quantitative estimate of drug-likeness (QED) is 0.538. The highest BCUT2D eigenvalue weighted by atomic mass is 16.5. The molecule has 3 heterocycles. The van der Waals surface area contributed by atoms with E-state index in [4.69, 9.17) is 9.72 Å². The first-order valence-corrected chi connectivity index (χ1v) is 8.97. The Morgan fingerprint density at radius 3 is 2.74 bits per heavy atom. The Bertz CT molecular complexity index is 1110. The van der Waals surface area contributed by atoms with Crippen molar-refractivity contribution in [1.29, 1.82) is 0 Å². The van der Waals surface area contributed by atoms with E-state index in [-0.39, 0.29) is 6.04 Å². The number of pyridine rings is 1. The van der Waals surface area contributed by atoms with Gasteiger partial charge < -0.3 is 9.64 Å². The number of hydrogen-bond donors (Lipinski definition) is 0. The Labute approximate surface area is 157 Å². The minimum Gasteiger partial charge on any atom is -0.454 e. The number of aromatic nitrogens is 3. The number of hydrogen-bond acceptors (Lipinski definition) is 5. The molecule has 0 spiro atoms. The van der Waals surface area contributed by atoms with Crippen LogP contribution in [-0.2, 0) is 0 Å². The number of nitrogens with zero attached hydrogens (tertiary/aromatic N) is 4. The first-order chi connectivity index (χ1) is 13.3. The molecule has 2 aromatic carbocycles. The number of ether oxygens (including phenoxy) is 1. The van der Waals surface area contributed by atoms with Gasteiger partial charge in [-0.3, -0.25) is 4.98 Å². The molecule has 0 aliphatic carbocycles. The number of rotatable bonds is 3. The van der Waals surface area contributed by atoms with E-state index in [0.29, 0.717) is 12.6 Å². The summed E-state index contributed by atoms with van der Waals surface area (Å²) >= 11 is 0. The summed E-state index contributed by atoms with van der Waals surface area (Å²) < 4.78 is 5.77. The van der Waals surface area contributed by atoms with E-state index in [1.165, 1.54) is 5.56 Å². The molecule has 1 aliphatic heterocycles. The van der Waals surface area contributed by atoms with Gasteiger partial charge in [-0.25, -0.2) is 9.97 Å². The van der Waals surface area contributed by atoms with Gasteiger partial charge in [-0.15, -0.1) is 0 Å². The average Bonchev–Trinajstić information content (AvgIpc) is 3.16. The lowest BCUT2D eigenvalue weighted by atomic mass is 10.1. The summed E-state index contributed by atoms with van der Waals surface area (Å²) in [5, 5.41) is 1.07. The molecular weight excluding hydrogens is 336 g/mol. The van der Waals surface area contributed by atoms with Crippen molar-refractivity contribution in [2.24, 2.45) is 0 Å². The van der Waals surface area contributed by atoms with Gasteiger partial charge >= 0.3 is 0 Å². The van der Waals surface area contributed by atoms with Crippen LogP contribution in [-0.4, -0.2) is 21.7 Å². The van der Waals surface area contributed by atoms with Crippen LogP contribution in [0, 0.1) is 0 Å². The highest BCUT2D eigenvalue weighted by Crippen LogP contribution is 2.38. The van der Waals surface area contributed by atoms with Crippen LogP contribution in [0.3, 0.4) is 0 Å². The predicted octanol–water partition coefficient (Wildman–Crippen LogP) is 4.61. The SMILES string of the molecule is CC(c1ccccc1)N1COc2ncc(-c3cccc4ncccc34)nc21. The molecule has 0 fully saturated rings. The van der Waals surface area contributed by atoms with Crippen LogP contribution in [0.2, 0.25) is 0 Å². The monoisotopic (exact) mass is 354 g/mol. The molecule has 4 aromatic rings. The van der Waals surface area contributed by atoms with Gasteiger partial charge in [-0.2, -0.15) is 0 Å². The lowest BCUT2D eigenvalue weighted by Crippen LogP contribution is -2.26. The van der Waals surface area contributed by atoms with Gasteiger partial charge in [0.2, 0.25) is 0 Å². The highest BCUT2D eigenvalue weighted by Gasteiger charge is 2.29. The van der Waals surface area contributed by atoms with Crippen molar-refractivity contribution in [1.82, 2.24) is 15.0 Å². The van der Waals surface area contributed by atoms with E-state index in [1.807, 2.05) is 24.3 Å². The van der Waals surface area contributed by atoms with Crippen LogP contribution in [0.5, 0.6) is 5.88 Å². The number of benzene rings is 2. The van der Waals surface area contributed by atoms with Crippen LogP contribution >= 0.6 is 0 Å². The van der Waals surface area contributed by atoms with Crippen LogP contribution in [0.15, 0.2) is 73.1 Å². The number of fused-ring (bicyclic) bond motifs is 2. The summed E-state index contributed by atoms with van der Waals surface area (Å²) in [6, 6.07) is 20.6. The van der Waals surface area contributed by atoms with Crippen molar-refractivity contribution in [2.75, 3.05) is 11.6 Å². The summed E-state index contributed by atoms with van der Waals surface area (Å²) in [5.74, 6) is 1.37. The van der Waals surface area contributed by atoms with Crippen molar-refractivity contribution in [2.45, 2.75) is 13.0 Å². The maximum absolute atomic E-state index is 5.77. The Morgan fingerprint density at radius 2 is 1.85 bits per heavy atom. The molecule has 0 N–H and O–H groups in total. The molecule has 1 atom stereocenters. The van der Waals surface area contributed by atoms with E-state index in [0.717, 1.165) is 28.0 Å².